The second-order valence-electron chi connectivity index (χ2n) is 5.96. The number of rotatable bonds is 9. The maximum atomic E-state index is 5.95. The van der Waals surface area contributed by atoms with Gasteiger partial charge in [-0.3, -0.25) is 4.99 Å². The molecule has 1 unspecified atom stereocenters. The molecule has 0 radical (unpaired) electrons. The minimum Gasteiger partial charge on any atom is -0.496 e. The summed E-state index contributed by atoms with van der Waals surface area (Å²) >= 11 is 1.79. The van der Waals surface area contributed by atoms with Crippen LogP contribution in [-0.4, -0.2) is 31.9 Å². The first kappa shape index (κ1) is 22.6. The van der Waals surface area contributed by atoms with Gasteiger partial charge in [0.05, 0.1) is 7.11 Å². The fourth-order valence-corrected chi connectivity index (χ4v) is 3.35. The van der Waals surface area contributed by atoms with Crippen LogP contribution in [0.4, 0.5) is 0 Å². The highest BCUT2D eigenvalue weighted by Crippen LogP contribution is 2.29. The van der Waals surface area contributed by atoms with Gasteiger partial charge in [0, 0.05) is 23.7 Å². The highest BCUT2D eigenvalue weighted by molar-refractivity contribution is 14.0. The zero-order valence-electron chi connectivity index (χ0n) is 15.4. The molecule has 0 aliphatic heterocycles. The van der Waals surface area contributed by atoms with Gasteiger partial charge in [-0.25, -0.2) is 0 Å². The fraction of sp³-hybridized carbons (Fsp3) is 0.350. The van der Waals surface area contributed by atoms with Crippen molar-refractivity contribution < 1.29 is 4.74 Å². The summed E-state index contributed by atoms with van der Waals surface area (Å²) in [6.45, 7) is 3.69. The molecule has 0 heterocycles. The number of hydrogen-bond acceptors (Lipinski definition) is 3. The lowest BCUT2D eigenvalue weighted by Gasteiger charge is -2.12. The maximum absolute atomic E-state index is 5.95. The number of hydrogen-bond donors (Lipinski definition) is 2. The molecule has 0 aliphatic rings. The van der Waals surface area contributed by atoms with Gasteiger partial charge < -0.3 is 15.8 Å². The number of para-hydroxylation sites is 1. The van der Waals surface area contributed by atoms with Crippen molar-refractivity contribution in [2.75, 3.05) is 26.0 Å². The Balaban J connectivity index is 0.00000338. The van der Waals surface area contributed by atoms with Crippen LogP contribution in [0.25, 0.3) is 0 Å². The molecule has 3 N–H and O–H groups in total. The molecule has 0 bridgehead atoms. The van der Waals surface area contributed by atoms with Gasteiger partial charge in [0.15, 0.2) is 5.96 Å². The molecule has 6 heteroatoms. The Labute approximate surface area is 178 Å². The number of nitrogens with one attached hydrogen (secondary N) is 1. The quantitative estimate of drug-likeness (QED) is 0.242. The number of halogens is 1. The molecule has 4 nitrogen and oxygen atoms in total. The van der Waals surface area contributed by atoms with E-state index in [1.165, 1.54) is 5.56 Å². The van der Waals surface area contributed by atoms with E-state index >= 15 is 0 Å². The van der Waals surface area contributed by atoms with Crippen molar-refractivity contribution in [3.8, 4) is 5.75 Å². The van der Waals surface area contributed by atoms with Crippen molar-refractivity contribution in [3.05, 3.63) is 60.2 Å². The van der Waals surface area contributed by atoms with Crippen LogP contribution in [0.3, 0.4) is 0 Å². The third kappa shape index (κ3) is 8.31. The summed E-state index contributed by atoms with van der Waals surface area (Å²) in [5.74, 6) is 2.85. The van der Waals surface area contributed by atoms with Crippen molar-refractivity contribution in [2.45, 2.75) is 18.2 Å². The molecular weight excluding hydrogens is 457 g/mol. The van der Waals surface area contributed by atoms with E-state index in [0.717, 1.165) is 29.4 Å². The molecule has 2 rings (SSSR count). The largest absolute Gasteiger partial charge is 0.496 e. The third-order valence-electron chi connectivity index (χ3n) is 3.73. The average Bonchev–Trinajstić information content (AvgIpc) is 2.65. The first-order valence-corrected chi connectivity index (χ1v) is 9.51. The molecule has 2 aromatic carbocycles. The number of nitrogens with two attached hydrogens (primary N) is 1. The summed E-state index contributed by atoms with van der Waals surface area (Å²) < 4.78 is 5.38. The van der Waals surface area contributed by atoms with E-state index < -0.39 is 0 Å². The summed E-state index contributed by atoms with van der Waals surface area (Å²) in [5, 5.41) is 3.18. The molecule has 0 saturated heterocycles. The van der Waals surface area contributed by atoms with Crippen LogP contribution in [0.5, 0.6) is 5.75 Å². The molecule has 142 valence electrons. The van der Waals surface area contributed by atoms with E-state index in [0.29, 0.717) is 18.4 Å². The number of ether oxygens (including phenoxy) is 1. The van der Waals surface area contributed by atoms with Gasteiger partial charge in [-0.15, -0.1) is 35.7 Å². The van der Waals surface area contributed by atoms with Crippen molar-refractivity contribution in [1.82, 2.24) is 5.32 Å². The van der Waals surface area contributed by atoms with E-state index in [9.17, 15) is 0 Å². The normalized spacial score (nSPS) is 12.2. The van der Waals surface area contributed by atoms with Gasteiger partial charge in [-0.2, -0.15) is 0 Å². The molecule has 2 aromatic rings. The third-order valence-corrected chi connectivity index (χ3v) is 5.11. The Bertz CT molecular complexity index is 667. The molecular formula is C20H28IN3OS. The van der Waals surface area contributed by atoms with E-state index in [2.05, 4.69) is 35.4 Å². The Hall–Kier alpha value is -1.41. The molecule has 0 spiro atoms. The van der Waals surface area contributed by atoms with Crippen molar-refractivity contribution in [1.29, 1.82) is 0 Å². The van der Waals surface area contributed by atoms with Gasteiger partial charge in [-0.1, -0.05) is 49.4 Å². The molecule has 0 saturated carbocycles. The molecule has 0 amide bonds. The second kappa shape index (κ2) is 12.9. The predicted octanol–water partition coefficient (Wildman–Crippen LogP) is 4.19. The molecule has 0 aliphatic carbocycles. The Morgan fingerprint density at radius 1 is 1.15 bits per heavy atom. The Morgan fingerprint density at radius 3 is 2.58 bits per heavy atom. The van der Waals surface area contributed by atoms with Crippen molar-refractivity contribution in [3.63, 3.8) is 0 Å². The van der Waals surface area contributed by atoms with Crippen LogP contribution in [0, 0.1) is 5.92 Å². The molecule has 26 heavy (non-hydrogen) atoms. The molecule has 0 aromatic heterocycles. The SMILES string of the molecule is COc1ccccc1SCC(C)CN=C(N)NCCc1ccccc1.I. The monoisotopic (exact) mass is 485 g/mol. The molecule has 0 fully saturated rings. The smallest absolute Gasteiger partial charge is 0.188 e. The summed E-state index contributed by atoms with van der Waals surface area (Å²) in [5.41, 5.74) is 7.25. The van der Waals surface area contributed by atoms with Crippen LogP contribution in [0.2, 0.25) is 0 Å². The van der Waals surface area contributed by atoms with Gasteiger partial charge >= 0.3 is 0 Å². The lowest BCUT2D eigenvalue weighted by atomic mass is 10.1. The van der Waals surface area contributed by atoms with Gasteiger partial charge in [0.25, 0.3) is 0 Å². The predicted molar refractivity (Wildman–Crippen MR) is 123 cm³/mol. The van der Waals surface area contributed by atoms with E-state index in [1.54, 1.807) is 18.9 Å². The number of methoxy groups -OCH3 is 1. The zero-order chi connectivity index (χ0) is 17.9. The number of guanidine groups is 1. The van der Waals surface area contributed by atoms with Gasteiger partial charge in [0.1, 0.15) is 5.75 Å². The highest BCUT2D eigenvalue weighted by Gasteiger charge is 2.06. The summed E-state index contributed by atoms with van der Waals surface area (Å²) in [7, 11) is 1.70. The second-order valence-corrected chi connectivity index (χ2v) is 7.02. The van der Waals surface area contributed by atoms with E-state index in [-0.39, 0.29) is 24.0 Å². The Morgan fingerprint density at radius 2 is 1.85 bits per heavy atom. The van der Waals surface area contributed by atoms with E-state index in [4.69, 9.17) is 10.5 Å². The summed E-state index contributed by atoms with van der Waals surface area (Å²) in [4.78, 5) is 5.61. The number of benzene rings is 2. The Kier molecular flexibility index (Phi) is 11.2. The van der Waals surface area contributed by atoms with Gasteiger partial charge in [-0.05, 0) is 30.0 Å². The minimum absolute atomic E-state index is 0. The lowest BCUT2D eigenvalue weighted by Crippen LogP contribution is -2.33. The topological polar surface area (TPSA) is 59.6 Å². The van der Waals surface area contributed by atoms with Crippen LogP contribution < -0.4 is 15.8 Å². The first-order chi connectivity index (χ1) is 12.2. The zero-order valence-corrected chi connectivity index (χ0v) is 18.5. The fourth-order valence-electron chi connectivity index (χ4n) is 2.31. The van der Waals surface area contributed by atoms with Crippen LogP contribution >= 0.6 is 35.7 Å². The number of nitrogens with zero attached hydrogens (tertiary/aromatic N) is 1. The van der Waals surface area contributed by atoms with Crippen molar-refractivity contribution >= 4 is 41.7 Å². The number of thioether (sulfide) groups is 1. The first-order valence-electron chi connectivity index (χ1n) is 8.52. The van der Waals surface area contributed by atoms with Crippen LogP contribution in [-0.2, 0) is 6.42 Å². The van der Waals surface area contributed by atoms with Crippen LogP contribution in [0.1, 0.15) is 12.5 Å². The highest BCUT2D eigenvalue weighted by atomic mass is 127. The maximum Gasteiger partial charge on any atom is 0.188 e. The lowest BCUT2D eigenvalue weighted by molar-refractivity contribution is 0.405. The standard InChI is InChI=1S/C20H27N3OS.HI/c1-16(15-25-19-11-7-6-10-18(19)24-2)14-23-20(21)22-13-12-17-8-4-3-5-9-17;/h3-11,16H,12-15H2,1-2H3,(H3,21,22,23);1H. The minimum atomic E-state index is 0. The average molecular weight is 485 g/mol. The molecule has 1 atom stereocenters. The van der Waals surface area contributed by atoms with Crippen LogP contribution in [0.15, 0.2) is 64.5 Å². The number of aliphatic imine (C=N–C) groups is 1. The van der Waals surface area contributed by atoms with E-state index in [1.807, 2.05) is 36.4 Å². The van der Waals surface area contributed by atoms with Crippen molar-refractivity contribution in [2.24, 2.45) is 16.6 Å². The van der Waals surface area contributed by atoms with Gasteiger partial charge in [0.2, 0.25) is 0 Å². The summed E-state index contributed by atoms with van der Waals surface area (Å²) in [6.07, 6.45) is 0.941. The summed E-state index contributed by atoms with van der Waals surface area (Å²) in [6, 6.07) is 18.4.